The molecular weight excluding hydrogens is 630 g/mol. The standard InChI is InChI=1S/C36H55N5O6S/c1-26-22-30(46-7)23-27(2)34(26)48-40(6)20-21-47-25-33(44)41(24-28-14-16-29(17-15-28)35(37)38-5)19-10-8-9-18-39-32(43)13-11-12-31(42)36(3,4)45/h14-17,22-23,45H,8-13,18-21,24-25H2,1-7H3,(H2,37,38)(H,39,43). The van der Waals surface area contributed by atoms with E-state index in [1.807, 2.05) is 48.3 Å². The molecule has 0 aliphatic heterocycles. The van der Waals surface area contributed by atoms with Crippen molar-refractivity contribution in [1.82, 2.24) is 14.5 Å². The summed E-state index contributed by atoms with van der Waals surface area (Å²) < 4.78 is 13.3. The zero-order valence-corrected chi connectivity index (χ0v) is 30.6. The summed E-state index contributed by atoms with van der Waals surface area (Å²) in [5.74, 6) is 0.840. The van der Waals surface area contributed by atoms with Crippen LogP contribution in [0.1, 0.15) is 74.6 Å². The number of carbonyl (C=O) groups is 3. The molecule has 0 heterocycles. The Labute approximate surface area is 290 Å². The van der Waals surface area contributed by atoms with E-state index in [0.29, 0.717) is 45.0 Å². The molecule has 0 fully saturated rings. The number of nitrogens with one attached hydrogen (secondary N) is 1. The summed E-state index contributed by atoms with van der Waals surface area (Å²) in [6.07, 6.45) is 3.20. The van der Waals surface area contributed by atoms with Gasteiger partial charge in [-0.15, -0.1) is 0 Å². The van der Waals surface area contributed by atoms with Crippen LogP contribution < -0.4 is 15.8 Å². The number of aliphatic hydroxyl groups is 1. The first kappa shape index (κ1) is 40.7. The minimum atomic E-state index is -1.37. The van der Waals surface area contributed by atoms with Gasteiger partial charge in [0.2, 0.25) is 11.8 Å². The molecule has 48 heavy (non-hydrogen) atoms. The molecule has 2 amide bonds. The van der Waals surface area contributed by atoms with Crippen LogP contribution in [0.2, 0.25) is 0 Å². The molecule has 0 atom stereocenters. The van der Waals surface area contributed by atoms with Gasteiger partial charge in [-0.2, -0.15) is 0 Å². The number of ketones is 1. The van der Waals surface area contributed by atoms with Crippen molar-refractivity contribution < 1.29 is 29.0 Å². The van der Waals surface area contributed by atoms with Crippen LogP contribution in [-0.4, -0.2) is 97.4 Å². The van der Waals surface area contributed by atoms with Crippen LogP contribution >= 0.6 is 11.9 Å². The van der Waals surface area contributed by atoms with Crippen molar-refractivity contribution in [1.29, 1.82) is 0 Å². The van der Waals surface area contributed by atoms with E-state index in [2.05, 4.69) is 28.5 Å². The molecule has 2 aromatic rings. The second kappa shape index (κ2) is 20.8. The summed E-state index contributed by atoms with van der Waals surface area (Å²) in [5.41, 5.74) is 8.67. The van der Waals surface area contributed by atoms with E-state index in [4.69, 9.17) is 15.2 Å². The molecule has 2 rings (SSSR count). The summed E-state index contributed by atoms with van der Waals surface area (Å²) in [6, 6.07) is 11.8. The van der Waals surface area contributed by atoms with Gasteiger partial charge in [-0.1, -0.05) is 24.3 Å². The number of benzene rings is 2. The van der Waals surface area contributed by atoms with Gasteiger partial charge in [0.1, 0.15) is 23.8 Å². The Kier molecular flexibility index (Phi) is 17.7. The van der Waals surface area contributed by atoms with Crippen molar-refractivity contribution in [3.8, 4) is 5.75 Å². The molecule has 4 N–H and O–H groups in total. The Morgan fingerprint density at radius 3 is 2.27 bits per heavy atom. The molecule has 0 aliphatic rings. The molecule has 0 spiro atoms. The van der Waals surface area contributed by atoms with Gasteiger partial charge < -0.3 is 30.5 Å². The summed E-state index contributed by atoms with van der Waals surface area (Å²) in [5, 5.41) is 12.6. The van der Waals surface area contributed by atoms with Crippen molar-refractivity contribution in [3.63, 3.8) is 0 Å². The normalized spacial score (nSPS) is 11.9. The molecule has 0 unspecified atom stereocenters. The molecule has 0 saturated heterocycles. The summed E-state index contributed by atoms with van der Waals surface area (Å²) in [6.45, 7) is 9.61. The van der Waals surface area contributed by atoms with Gasteiger partial charge in [-0.25, -0.2) is 4.31 Å². The van der Waals surface area contributed by atoms with Crippen molar-refractivity contribution >= 4 is 35.4 Å². The monoisotopic (exact) mass is 685 g/mol. The van der Waals surface area contributed by atoms with E-state index >= 15 is 0 Å². The molecule has 266 valence electrons. The molecule has 0 bridgehead atoms. The van der Waals surface area contributed by atoms with Crippen LogP contribution in [0.4, 0.5) is 0 Å². The van der Waals surface area contributed by atoms with Crippen LogP contribution in [0.25, 0.3) is 0 Å². The van der Waals surface area contributed by atoms with Crippen LogP contribution in [-0.2, 0) is 25.7 Å². The number of methoxy groups -OCH3 is 1. The number of aliphatic imine (C=N–C) groups is 1. The van der Waals surface area contributed by atoms with E-state index in [-0.39, 0.29) is 37.0 Å². The first-order chi connectivity index (χ1) is 22.7. The Morgan fingerprint density at radius 1 is 1.00 bits per heavy atom. The van der Waals surface area contributed by atoms with E-state index in [0.717, 1.165) is 47.3 Å². The third-order valence-corrected chi connectivity index (χ3v) is 9.15. The number of amidine groups is 1. The number of nitrogens with zero attached hydrogens (tertiary/aromatic N) is 3. The van der Waals surface area contributed by atoms with Crippen LogP contribution in [0.15, 0.2) is 46.3 Å². The highest BCUT2D eigenvalue weighted by molar-refractivity contribution is 7.97. The zero-order valence-electron chi connectivity index (χ0n) is 29.8. The van der Waals surface area contributed by atoms with E-state index < -0.39 is 5.60 Å². The van der Waals surface area contributed by atoms with Crippen molar-refractivity contribution in [3.05, 3.63) is 58.7 Å². The lowest BCUT2D eigenvalue weighted by Crippen LogP contribution is -2.35. The Morgan fingerprint density at radius 2 is 1.67 bits per heavy atom. The summed E-state index contributed by atoms with van der Waals surface area (Å²) in [7, 11) is 5.32. The maximum Gasteiger partial charge on any atom is 0.248 e. The Balaban J connectivity index is 1.84. The summed E-state index contributed by atoms with van der Waals surface area (Å²) >= 11 is 1.65. The van der Waals surface area contributed by atoms with E-state index in [1.165, 1.54) is 18.7 Å². The number of carbonyl (C=O) groups excluding carboxylic acids is 3. The lowest BCUT2D eigenvalue weighted by Gasteiger charge is -2.24. The molecule has 11 nitrogen and oxygen atoms in total. The highest BCUT2D eigenvalue weighted by Gasteiger charge is 2.23. The number of ether oxygens (including phenoxy) is 2. The van der Waals surface area contributed by atoms with Crippen LogP contribution in [0.3, 0.4) is 0 Å². The second-order valence-corrected chi connectivity index (χ2v) is 13.7. The number of hydrogen-bond donors (Lipinski definition) is 3. The molecule has 12 heteroatoms. The number of hydrogen-bond acceptors (Lipinski definition) is 9. The fraction of sp³-hybridized carbons (Fsp3) is 0.556. The number of amides is 2. The Bertz CT molecular complexity index is 1340. The van der Waals surface area contributed by atoms with Gasteiger partial charge in [-0.05, 0) is 101 Å². The van der Waals surface area contributed by atoms with Gasteiger partial charge in [0.25, 0.3) is 0 Å². The predicted octanol–water partition coefficient (Wildman–Crippen LogP) is 4.43. The highest BCUT2D eigenvalue weighted by atomic mass is 32.2. The second-order valence-electron chi connectivity index (χ2n) is 12.5. The fourth-order valence-electron chi connectivity index (χ4n) is 4.88. The smallest absolute Gasteiger partial charge is 0.248 e. The molecule has 2 aromatic carbocycles. The third-order valence-electron chi connectivity index (χ3n) is 7.83. The number of nitrogens with two attached hydrogens (primary N) is 1. The van der Waals surface area contributed by atoms with Gasteiger partial charge in [-0.3, -0.25) is 19.4 Å². The maximum atomic E-state index is 13.3. The van der Waals surface area contributed by atoms with Crippen LogP contribution in [0, 0.1) is 13.8 Å². The Hall–Kier alpha value is -3.45. The maximum absolute atomic E-state index is 13.3. The SMILES string of the molecule is CN=C(N)c1ccc(CN(CCCCCNC(=O)CCCC(=O)C(C)(C)O)C(=O)COCCN(C)Sc2c(C)cc(OC)cc2C)cc1. The third kappa shape index (κ3) is 14.8. The molecule has 0 radical (unpaired) electrons. The van der Waals surface area contributed by atoms with Crippen LogP contribution in [0.5, 0.6) is 5.75 Å². The van der Waals surface area contributed by atoms with Gasteiger partial charge in [0.05, 0.1) is 13.7 Å². The predicted molar refractivity (Wildman–Crippen MR) is 192 cm³/mol. The lowest BCUT2D eigenvalue weighted by molar-refractivity contribution is -0.137. The van der Waals surface area contributed by atoms with E-state index in [1.54, 1.807) is 26.1 Å². The molecule has 0 aromatic heterocycles. The number of rotatable bonds is 22. The van der Waals surface area contributed by atoms with Crippen molar-refractivity contribution in [2.45, 2.75) is 83.3 Å². The fourth-order valence-corrected chi connectivity index (χ4v) is 5.76. The number of Topliss-reactive ketones (excluding diaryl/α,β-unsaturated/α-hetero) is 1. The topological polar surface area (TPSA) is 147 Å². The van der Waals surface area contributed by atoms with Gasteiger partial charge >= 0.3 is 0 Å². The van der Waals surface area contributed by atoms with Gasteiger partial charge in [0, 0.05) is 56.5 Å². The molecular formula is C36H55N5O6S. The van der Waals surface area contributed by atoms with Gasteiger partial charge in [0.15, 0.2) is 5.78 Å². The zero-order chi connectivity index (χ0) is 35.7. The minimum Gasteiger partial charge on any atom is -0.497 e. The largest absolute Gasteiger partial charge is 0.497 e. The average Bonchev–Trinajstić information content (AvgIpc) is 3.04. The first-order valence-corrected chi connectivity index (χ1v) is 17.3. The van der Waals surface area contributed by atoms with Crippen molar-refractivity contribution in [2.75, 3.05) is 54.1 Å². The average molecular weight is 686 g/mol. The molecule has 0 saturated carbocycles. The number of unbranched alkanes of at least 4 members (excludes halogenated alkanes) is 2. The first-order valence-electron chi connectivity index (χ1n) is 16.5. The number of likely N-dealkylation sites (N-methyl/N-ethyl adjacent to an activating group) is 1. The highest BCUT2D eigenvalue weighted by Crippen LogP contribution is 2.31. The van der Waals surface area contributed by atoms with Crippen molar-refractivity contribution in [2.24, 2.45) is 10.7 Å². The molecule has 0 aliphatic carbocycles. The van der Waals surface area contributed by atoms with E-state index in [9.17, 15) is 19.5 Å². The lowest BCUT2D eigenvalue weighted by atomic mass is 9.99. The minimum absolute atomic E-state index is 0.0152. The number of aryl methyl sites for hydroxylation is 2. The quantitative estimate of drug-likeness (QED) is 0.0709. The summed E-state index contributed by atoms with van der Waals surface area (Å²) in [4.78, 5) is 44.3.